The van der Waals surface area contributed by atoms with Gasteiger partial charge in [-0.05, 0) is 26.9 Å². The first-order chi connectivity index (χ1) is 10.1. The summed E-state index contributed by atoms with van der Waals surface area (Å²) in [6.07, 6.45) is 6.20. The van der Waals surface area contributed by atoms with E-state index in [1.165, 1.54) is 0 Å². The molecule has 2 N–H and O–H groups in total. The molecule has 0 aromatic carbocycles. The highest BCUT2D eigenvalue weighted by Gasteiger charge is 2.23. The third kappa shape index (κ3) is 2.94. The van der Waals surface area contributed by atoms with Crippen LogP contribution in [0.2, 0.25) is 0 Å². The van der Waals surface area contributed by atoms with Crippen molar-refractivity contribution in [1.29, 1.82) is 0 Å². The van der Waals surface area contributed by atoms with Gasteiger partial charge in [0, 0.05) is 31.5 Å². The van der Waals surface area contributed by atoms with Crippen LogP contribution in [-0.2, 0) is 0 Å². The van der Waals surface area contributed by atoms with Crippen LogP contribution >= 0.6 is 0 Å². The Kier molecular flexibility index (Phi) is 3.70. The first-order valence-corrected chi connectivity index (χ1v) is 7.08. The largest absolute Gasteiger partial charge is 0.368 e. The quantitative estimate of drug-likeness (QED) is 0.842. The van der Waals surface area contributed by atoms with Gasteiger partial charge in [-0.15, -0.1) is 0 Å². The second-order valence-electron chi connectivity index (χ2n) is 5.42. The Morgan fingerprint density at radius 1 is 1.19 bits per heavy atom. The maximum Gasteiger partial charge on any atom is 0.241 e. The number of aromatic nitrogens is 5. The fourth-order valence-electron chi connectivity index (χ4n) is 2.66. The molecule has 0 saturated carbocycles. The van der Waals surface area contributed by atoms with E-state index in [1.807, 2.05) is 0 Å². The maximum atomic E-state index is 5.85. The fourth-order valence-corrected chi connectivity index (χ4v) is 2.66. The molecule has 0 bridgehead atoms. The van der Waals surface area contributed by atoms with Gasteiger partial charge in [0.05, 0.1) is 0 Å². The van der Waals surface area contributed by atoms with E-state index >= 15 is 0 Å². The highest BCUT2D eigenvalue weighted by Crippen LogP contribution is 2.17. The molecule has 0 radical (unpaired) electrons. The lowest BCUT2D eigenvalue weighted by Gasteiger charge is -2.28. The van der Waals surface area contributed by atoms with E-state index in [1.54, 1.807) is 23.3 Å². The number of imidazole rings is 1. The van der Waals surface area contributed by atoms with Gasteiger partial charge in [0.1, 0.15) is 6.33 Å². The molecule has 8 nitrogen and oxygen atoms in total. The van der Waals surface area contributed by atoms with Crippen LogP contribution in [0.5, 0.6) is 0 Å². The van der Waals surface area contributed by atoms with E-state index in [2.05, 4.69) is 43.7 Å². The monoisotopic (exact) mass is 288 g/mol. The molecule has 3 rings (SSSR count). The molecule has 1 aliphatic heterocycles. The standard InChI is InChI=1S/C13H20N8/c1-10-8-19(2)5-3-6-21(10)13-17-11(14)16-12(18-13)20-7-4-15-9-20/h4,7,9-10H,3,5-6,8H2,1-2H3,(H2,14,16,17,18). The average Bonchev–Trinajstić information content (AvgIpc) is 2.91. The Balaban J connectivity index is 1.94. The zero-order chi connectivity index (χ0) is 14.8. The minimum atomic E-state index is 0.230. The van der Waals surface area contributed by atoms with Gasteiger partial charge in [0.15, 0.2) is 0 Å². The Labute approximate surface area is 123 Å². The van der Waals surface area contributed by atoms with E-state index in [9.17, 15) is 0 Å². The lowest BCUT2D eigenvalue weighted by atomic mass is 10.3. The molecule has 0 amide bonds. The van der Waals surface area contributed by atoms with Crippen molar-refractivity contribution in [3.05, 3.63) is 18.7 Å². The van der Waals surface area contributed by atoms with E-state index < -0.39 is 0 Å². The highest BCUT2D eigenvalue weighted by molar-refractivity contribution is 5.39. The van der Waals surface area contributed by atoms with Gasteiger partial charge in [0.25, 0.3) is 0 Å². The zero-order valence-corrected chi connectivity index (χ0v) is 12.3. The van der Waals surface area contributed by atoms with E-state index in [0.29, 0.717) is 17.9 Å². The summed E-state index contributed by atoms with van der Waals surface area (Å²) in [6.45, 7) is 5.15. The van der Waals surface area contributed by atoms with E-state index in [0.717, 1.165) is 26.1 Å². The van der Waals surface area contributed by atoms with Crippen LogP contribution < -0.4 is 10.6 Å². The third-order valence-corrected chi connectivity index (χ3v) is 3.67. The normalized spacial score (nSPS) is 20.5. The highest BCUT2D eigenvalue weighted by atomic mass is 15.4. The summed E-state index contributed by atoms with van der Waals surface area (Å²) in [6, 6.07) is 0.329. The summed E-state index contributed by atoms with van der Waals surface area (Å²) in [5.74, 6) is 1.36. The van der Waals surface area contributed by atoms with Gasteiger partial charge in [-0.1, -0.05) is 0 Å². The second-order valence-corrected chi connectivity index (χ2v) is 5.42. The fraction of sp³-hybridized carbons (Fsp3) is 0.538. The van der Waals surface area contributed by atoms with Crippen LogP contribution in [-0.4, -0.2) is 62.1 Å². The summed E-state index contributed by atoms with van der Waals surface area (Å²) in [5, 5.41) is 0. The van der Waals surface area contributed by atoms with Crippen molar-refractivity contribution in [2.75, 3.05) is 37.3 Å². The number of nitrogens with two attached hydrogens (primary N) is 1. The van der Waals surface area contributed by atoms with Gasteiger partial charge in [-0.3, -0.25) is 4.57 Å². The molecule has 3 heterocycles. The number of hydrogen-bond acceptors (Lipinski definition) is 7. The number of likely N-dealkylation sites (N-methyl/N-ethyl adjacent to an activating group) is 1. The number of nitrogen functional groups attached to an aromatic ring is 1. The molecule has 1 saturated heterocycles. The average molecular weight is 288 g/mol. The molecule has 2 aromatic rings. The van der Waals surface area contributed by atoms with Crippen LogP contribution in [0.3, 0.4) is 0 Å². The van der Waals surface area contributed by atoms with Gasteiger partial charge >= 0.3 is 0 Å². The van der Waals surface area contributed by atoms with Crippen molar-refractivity contribution in [3.63, 3.8) is 0 Å². The number of anilines is 2. The lowest BCUT2D eigenvalue weighted by molar-refractivity contribution is 0.337. The van der Waals surface area contributed by atoms with Gasteiger partial charge in [0.2, 0.25) is 17.8 Å². The Bertz CT molecular complexity index is 596. The van der Waals surface area contributed by atoms with Crippen LogP contribution in [0, 0.1) is 0 Å². The molecule has 21 heavy (non-hydrogen) atoms. The van der Waals surface area contributed by atoms with Crippen molar-refractivity contribution in [3.8, 4) is 5.95 Å². The van der Waals surface area contributed by atoms with Gasteiger partial charge in [-0.2, -0.15) is 15.0 Å². The molecule has 0 aliphatic carbocycles. The van der Waals surface area contributed by atoms with Gasteiger partial charge in [-0.25, -0.2) is 4.98 Å². The van der Waals surface area contributed by atoms with Crippen molar-refractivity contribution >= 4 is 11.9 Å². The maximum absolute atomic E-state index is 5.85. The molecule has 8 heteroatoms. The summed E-state index contributed by atoms with van der Waals surface area (Å²) >= 11 is 0. The first-order valence-electron chi connectivity index (χ1n) is 7.08. The molecular weight excluding hydrogens is 268 g/mol. The van der Waals surface area contributed by atoms with Crippen LogP contribution in [0.4, 0.5) is 11.9 Å². The summed E-state index contributed by atoms with van der Waals surface area (Å²) in [5.41, 5.74) is 5.85. The molecule has 1 aliphatic rings. The molecule has 1 fully saturated rings. The molecule has 1 unspecified atom stereocenters. The van der Waals surface area contributed by atoms with Crippen LogP contribution in [0.15, 0.2) is 18.7 Å². The SMILES string of the molecule is CC1CN(C)CCCN1c1nc(N)nc(-n2ccnc2)n1. The van der Waals surface area contributed by atoms with Crippen molar-refractivity contribution < 1.29 is 0 Å². The molecule has 1 atom stereocenters. The molecule has 2 aromatic heterocycles. The van der Waals surface area contributed by atoms with Crippen molar-refractivity contribution in [2.45, 2.75) is 19.4 Å². The first kappa shape index (κ1) is 13.7. The second kappa shape index (κ2) is 5.65. The van der Waals surface area contributed by atoms with Crippen LogP contribution in [0.1, 0.15) is 13.3 Å². The number of nitrogens with zero attached hydrogens (tertiary/aromatic N) is 7. The summed E-state index contributed by atoms with van der Waals surface area (Å²) in [7, 11) is 2.14. The predicted molar refractivity (Wildman–Crippen MR) is 80.3 cm³/mol. The van der Waals surface area contributed by atoms with Gasteiger partial charge < -0.3 is 15.5 Å². The number of rotatable bonds is 2. The Hall–Kier alpha value is -2.22. The topological polar surface area (TPSA) is 89.0 Å². The molecular formula is C13H20N8. The predicted octanol–water partition coefficient (Wildman–Crippen LogP) is 0.170. The van der Waals surface area contributed by atoms with Crippen LogP contribution in [0.25, 0.3) is 5.95 Å². The van der Waals surface area contributed by atoms with E-state index in [4.69, 9.17) is 5.73 Å². The number of hydrogen-bond donors (Lipinski definition) is 1. The molecule has 0 spiro atoms. The third-order valence-electron chi connectivity index (χ3n) is 3.67. The van der Waals surface area contributed by atoms with Crippen molar-refractivity contribution in [2.24, 2.45) is 0 Å². The Morgan fingerprint density at radius 2 is 2.00 bits per heavy atom. The minimum absolute atomic E-state index is 0.230. The Morgan fingerprint density at radius 3 is 2.76 bits per heavy atom. The van der Waals surface area contributed by atoms with Crippen molar-refractivity contribution in [1.82, 2.24) is 29.4 Å². The lowest BCUT2D eigenvalue weighted by Crippen LogP contribution is -2.39. The summed E-state index contributed by atoms with van der Waals surface area (Å²) in [4.78, 5) is 21.6. The zero-order valence-electron chi connectivity index (χ0n) is 12.3. The van der Waals surface area contributed by atoms with E-state index in [-0.39, 0.29) is 5.95 Å². The summed E-state index contributed by atoms with van der Waals surface area (Å²) < 4.78 is 1.73. The minimum Gasteiger partial charge on any atom is -0.368 e. The smallest absolute Gasteiger partial charge is 0.241 e. The molecule has 112 valence electrons.